The molecule has 0 spiro atoms. The average molecular weight is 349 g/mol. The molecule has 0 aliphatic heterocycles. The third-order valence-electron chi connectivity index (χ3n) is 3.19. The Labute approximate surface area is 124 Å². The van der Waals surface area contributed by atoms with Crippen LogP contribution in [0.1, 0.15) is 18.4 Å². The Balaban J connectivity index is 2.14. The highest BCUT2D eigenvalue weighted by Crippen LogP contribution is 2.47. The van der Waals surface area contributed by atoms with Crippen LogP contribution in [0.3, 0.4) is 0 Å². The molecular formula is C12H14BrFN2S2. The van der Waals surface area contributed by atoms with Crippen molar-refractivity contribution in [3.8, 4) is 0 Å². The molecule has 1 aromatic rings. The lowest BCUT2D eigenvalue weighted by Crippen LogP contribution is -2.18. The highest BCUT2D eigenvalue weighted by molar-refractivity contribution is 9.10. The first-order chi connectivity index (χ1) is 8.49. The van der Waals surface area contributed by atoms with Crippen LogP contribution in [0.5, 0.6) is 0 Å². The first-order valence-electron chi connectivity index (χ1n) is 5.56. The summed E-state index contributed by atoms with van der Waals surface area (Å²) in [5, 5.41) is 3.16. The predicted octanol–water partition coefficient (Wildman–Crippen LogP) is 3.53. The number of thioether (sulfide) groups is 1. The fourth-order valence-corrected chi connectivity index (χ4v) is 3.31. The molecule has 2 nitrogen and oxygen atoms in total. The topological polar surface area (TPSA) is 38.0 Å². The van der Waals surface area contributed by atoms with Crippen LogP contribution in [0.4, 0.5) is 10.1 Å². The van der Waals surface area contributed by atoms with Crippen molar-refractivity contribution in [3.63, 3.8) is 0 Å². The molecule has 0 heterocycles. The van der Waals surface area contributed by atoms with Crippen molar-refractivity contribution in [2.45, 2.75) is 17.6 Å². The molecule has 3 N–H and O–H groups in total. The molecule has 0 unspecified atom stereocenters. The molecule has 6 heteroatoms. The van der Waals surface area contributed by atoms with Gasteiger partial charge in [0, 0.05) is 16.9 Å². The number of halogens is 2. The van der Waals surface area contributed by atoms with Crippen LogP contribution in [0.2, 0.25) is 0 Å². The number of anilines is 1. The standard InChI is InChI=1S/C12H14BrFN2S2/c1-18-12(4-5-12)6-16-8-3-2-7(11(15)17)9(13)10(8)14/h2-3,16H,4-6H2,1H3,(H2,15,17). The zero-order valence-corrected chi connectivity index (χ0v) is 13.1. The van der Waals surface area contributed by atoms with E-state index in [0.29, 0.717) is 20.5 Å². The number of rotatable bonds is 5. The second kappa shape index (κ2) is 5.35. The Morgan fingerprint density at radius 3 is 2.78 bits per heavy atom. The monoisotopic (exact) mass is 348 g/mol. The van der Waals surface area contributed by atoms with Crippen molar-refractivity contribution in [1.29, 1.82) is 0 Å². The molecule has 0 aromatic heterocycles. The normalized spacial score (nSPS) is 16.4. The Morgan fingerprint density at radius 1 is 1.61 bits per heavy atom. The van der Waals surface area contributed by atoms with Gasteiger partial charge in [-0.1, -0.05) is 12.2 Å². The molecule has 0 amide bonds. The predicted molar refractivity (Wildman–Crippen MR) is 84.0 cm³/mol. The van der Waals surface area contributed by atoms with E-state index < -0.39 is 0 Å². The zero-order valence-electron chi connectivity index (χ0n) is 9.93. The van der Waals surface area contributed by atoms with Gasteiger partial charge in [0.25, 0.3) is 0 Å². The molecule has 18 heavy (non-hydrogen) atoms. The summed E-state index contributed by atoms with van der Waals surface area (Å²) in [6.07, 6.45) is 4.47. The fraction of sp³-hybridized carbons (Fsp3) is 0.417. The highest BCUT2D eigenvalue weighted by Gasteiger charge is 2.41. The third kappa shape index (κ3) is 2.81. The van der Waals surface area contributed by atoms with Crippen molar-refractivity contribution < 1.29 is 4.39 Å². The zero-order chi connectivity index (χ0) is 13.3. The molecule has 0 atom stereocenters. The maximum atomic E-state index is 14.1. The number of thiocarbonyl (C=S) groups is 1. The van der Waals surface area contributed by atoms with Crippen molar-refractivity contribution in [1.82, 2.24) is 0 Å². The second-order valence-electron chi connectivity index (χ2n) is 4.39. The van der Waals surface area contributed by atoms with Crippen molar-refractivity contribution in [3.05, 3.63) is 28.0 Å². The lowest BCUT2D eigenvalue weighted by Gasteiger charge is -2.16. The summed E-state index contributed by atoms with van der Waals surface area (Å²) in [5.41, 5.74) is 6.53. The molecule has 1 saturated carbocycles. The molecule has 1 aliphatic rings. The summed E-state index contributed by atoms with van der Waals surface area (Å²) in [5.74, 6) is -0.336. The van der Waals surface area contributed by atoms with Crippen molar-refractivity contribution >= 4 is 50.6 Å². The molecule has 0 saturated heterocycles. The van der Waals surface area contributed by atoms with Crippen LogP contribution in [0.15, 0.2) is 16.6 Å². The van der Waals surface area contributed by atoms with E-state index in [1.165, 1.54) is 12.8 Å². The number of benzene rings is 1. The minimum Gasteiger partial charge on any atom is -0.389 e. The molecule has 1 aliphatic carbocycles. The Bertz CT molecular complexity index is 489. The average Bonchev–Trinajstić information content (AvgIpc) is 3.11. The highest BCUT2D eigenvalue weighted by atomic mass is 79.9. The van der Waals surface area contributed by atoms with Crippen molar-refractivity contribution in [2.24, 2.45) is 5.73 Å². The van der Waals surface area contributed by atoms with E-state index in [1.807, 2.05) is 11.8 Å². The maximum absolute atomic E-state index is 14.1. The van der Waals surface area contributed by atoms with E-state index >= 15 is 0 Å². The molecular weight excluding hydrogens is 335 g/mol. The van der Waals surface area contributed by atoms with Gasteiger partial charge in [-0.3, -0.25) is 0 Å². The second-order valence-corrected chi connectivity index (χ2v) is 6.90. The number of nitrogens with one attached hydrogen (secondary N) is 1. The summed E-state index contributed by atoms with van der Waals surface area (Å²) < 4.78 is 14.7. The largest absolute Gasteiger partial charge is 0.389 e. The first-order valence-corrected chi connectivity index (χ1v) is 7.98. The van der Waals surface area contributed by atoms with Crippen LogP contribution in [-0.2, 0) is 0 Å². The van der Waals surface area contributed by atoms with Gasteiger partial charge in [0.1, 0.15) is 4.99 Å². The first kappa shape index (κ1) is 14.1. The molecule has 1 aromatic carbocycles. The molecule has 2 rings (SSSR count). The summed E-state index contributed by atoms with van der Waals surface area (Å²) in [7, 11) is 0. The van der Waals surface area contributed by atoms with Crippen LogP contribution in [0.25, 0.3) is 0 Å². The van der Waals surface area contributed by atoms with Gasteiger partial charge in [0.15, 0.2) is 5.82 Å². The van der Waals surface area contributed by atoms with Gasteiger partial charge in [-0.25, -0.2) is 4.39 Å². The van der Waals surface area contributed by atoms with Crippen molar-refractivity contribution in [2.75, 3.05) is 18.1 Å². The number of hydrogen-bond donors (Lipinski definition) is 2. The van der Waals surface area contributed by atoms with Crippen LogP contribution < -0.4 is 11.1 Å². The Morgan fingerprint density at radius 2 is 2.28 bits per heavy atom. The SMILES string of the molecule is CSC1(CNc2ccc(C(N)=S)c(Br)c2F)CC1. The Kier molecular flexibility index (Phi) is 4.18. The summed E-state index contributed by atoms with van der Waals surface area (Å²) in [4.78, 5) is 0.190. The van der Waals surface area contributed by atoms with Crippen LogP contribution >= 0.6 is 39.9 Å². The lowest BCUT2D eigenvalue weighted by molar-refractivity contribution is 0.623. The molecule has 98 valence electrons. The van der Waals surface area contributed by atoms with Gasteiger partial charge < -0.3 is 11.1 Å². The lowest BCUT2D eigenvalue weighted by atomic mass is 10.2. The quantitative estimate of drug-likeness (QED) is 0.798. The summed E-state index contributed by atoms with van der Waals surface area (Å²) in [6, 6.07) is 3.42. The Hall–Kier alpha value is -0.330. The van der Waals surface area contributed by atoms with Gasteiger partial charge in [-0.15, -0.1) is 0 Å². The van der Waals surface area contributed by atoms with Gasteiger partial charge in [0.05, 0.1) is 10.2 Å². The van der Waals surface area contributed by atoms with Gasteiger partial charge >= 0.3 is 0 Å². The fourth-order valence-electron chi connectivity index (χ4n) is 1.73. The minimum atomic E-state index is -0.336. The molecule has 0 bridgehead atoms. The summed E-state index contributed by atoms with van der Waals surface area (Å²) >= 11 is 9.90. The molecule has 0 radical (unpaired) electrons. The summed E-state index contributed by atoms with van der Waals surface area (Å²) in [6.45, 7) is 0.782. The van der Waals surface area contributed by atoms with Gasteiger partial charge in [-0.05, 0) is 47.2 Å². The van der Waals surface area contributed by atoms with Gasteiger partial charge in [-0.2, -0.15) is 11.8 Å². The van der Waals surface area contributed by atoms with Gasteiger partial charge in [0.2, 0.25) is 0 Å². The maximum Gasteiger partial charge on any atom is 0.161 e. The van der Waals surface area contributed by atoms with E-state index in [9.17, 15) is 4.39 Å². The van der Waals surface area contributed by atoms with Crippen LogP contribution in [0, 0.1) is 5.82 Å². The minimum absolute atomic E-state index is 0.190. The van der Waals surface area contributed by atoms with Crippen LogP contribution in [-0.4, -0.2) is 22.5 Å². The smallest absolute Gasteiger partial charge is 0.161 e. The van der Waals surface area contributed by atoms with E-state index in [2.05, 4.69) is 27.5 Å². The van der Waals surface area contributed by atoms with E-state index in [1.54, 1.807) is 12.1 Å². The van der Waals surface area contributed by atoms with E-state index in [4.69, 9.17) is 18.0 Å². The van der Waals surface area contributed by atoms with E-state index in [-0.39, 0.29) is 10.8 Å². The van der Waals surface area contributed by atoms with E-state index in [0.717, 1.165) is 6.54 Å². The number of nitrogens with two attached hydrogens (primary N) is 1. The molecule has 1 fully saturated rings. The third-order valence-corrected chi connectivity index (χ3v) is 5.60. The number of hydrogen-bond acceptors (Lipinski definition) is 3.